The molecule has 0 saturated heterocycles. The van der Waals surface area contributed by atoms with Crippen LogP contribution in [0.25, 0.3) is 0 Å². The second-order valence-electron chi connectivity index (χ2n) is 6.93. The van der Waals surface area contributed by atoms with Crippen LogP contribution < -0.4 is 15.4 Å². The maximum absolute atomic E-state index is 12.1. The average Bonchev–Trinajstić information content (AvgIpc) is 2.67. The standard InChI is InChI=1S/C20H30ClN3O3/c1-24(14-15-27-18-11-6-5-10-17(18)21)19(25)12-7-13-22-20(26)23-16-8-3-2-4-9-16/h5-6,10-11,16H,2-4,7-9,12-15H2,1H3,(H2,22,23,26). The van der Waals surface area contributed by atoms with Gasteiger partial charge < -0.3 is 20.3 Å². The lowest BCUT2D eigenvalue weighted by molar-refractivity contribution is -0.130. The van der Waals surface area contributed by atoms with Crippen LogP contribution >= 0.6 is 11.6 Å². The highest BCUT2D eigenvalue weighted by Crippen LogP contribution is 2.22. The van der Waals surface area contributed by atoms with E-state index >= 15 is 0 Å². The Morgan fingerprint density at radius 2 is 1.96 bits per heavy atom. The van der Waals surface area contributed by atoms with E-state index in [2.05, 4.69) is 10.6 Å². The molecular weight excluding hydrogens is 366 g/mol. The maximum atomic E-state index is 12.1. The van der Waals surface area contributed by atoms with Crippen LogP contribution in [0.15, 0.2) is 24.3 Å². The molecule has 1 aliphatic carbocycles. The van der Waals surface area contributed by atoms with Gasteiger partial charge in [-0.25, -0.2) is 4.79 Å². The number of amides is 3. The number of ether oxygens (including phenoxy) is 1. The van der Waals surface area contributed by atoms with Gasteiger partial charge in [0.2, 0.25) is 5.91 Å². The molecule has 0 aromatic heterocycles. The normalized spacial score (nSPS) is 14.4. The van der Waals surface area contributed by atoms with Crippen molar-refractivity contribution in [2.45, 2.75) is 51.0 Å². The van der Waals surface area contributed by atoms with Crippen molar-refractivity contribution in [3.63, 3.8) is 0 Å². The number of likely N-dealkylation sites (N-methyl/N-ethyl adjacent to an activating group) is 1. The van der Waals surface area contributed by atoms with Gasteiger partial charge >= 0.3 is 6.03 Å². The second kappa shape index (κ2) is 11.7. The van der Waals surface area contributed by atoms with Crippen molar-refractivity contribution in [2.24, 2.45) is 0 Å². The quantitative estimate of drug-likeness (QED) is 0.627. The van der Waals surface area contributed by atoms with Crippen molar-refractivity contribution >= 4 is 23.5 Å². The smallest absolute Gasteiger partial charge is 0.315 e. The minimum absolute atomic E-state index is 0.0345. The molecule has 0 spiro atoms. The Hall–Kier alpha value is -1.95. The summed E-state index contributed by atoms with van der Waals surface area (Å²) in [6.07, 6.45) is 6.77. The molecule has 1 fully saturated rings. The summed E-state index contributed by atoms with van der Waals surface area (Å²) in [6.45, 7) is 1.36. The lowest BCUT2D eigenvalue weighted by Crippen LogP contribution is -2.43. The van der Waals surface area contributed by atoms with Crippen molar-refractivity contribution in [1.29, 1.82) is 0 Å². The van der Waals surface area contributed by atoms with Crippen molar-refractivity contribution in [2.75, 3.05) is 26.7 Å². The Bertz CT molecular complexity index is 606. The van der Waals surface area contributed by atoms with Crippen molar-refractivity contribution in [3.05, 3.63) is 29.3 Å². The lowest BCUT2D eigenvalue weighted by Gasteiger charge is -2.23. The molecule has 0 bridgehead atoms. The van der Waals surface area contributed by atoms with Crippen LogP contribution in [-0.4, -0.2) is 49.6 Å². The fraction of sp³-hybridized carbons (Fsp3) is 0.600. The van der Waals surface area contributed by atoms with Crippen LogP contribution in [0.5, 0.6) is 5.75 Å². The topological polar surface area (TPSA) is 70.7 Å². The molecule has 1 aliphatic rings. The van der Waals surface area contributed by atoms with E-state index in [-0.39, 0.29) is 11.9 Å². The van der Waals surface area contributed by atoms with Crippen molar-refractivity contribution in [3.8, 4) is 5.75 Å². The number of halogens is 1. The van der Waals surface area contributed by atoms with Gasteiger partial charge in [-0.1, -0.05) is 43.0 Å². The fourth-order valence-corrected chi connectivity index (χ4v) is 3.29. The van der Waals surface area contributed by atoms with Gasteiger partial charge in [0.25, 0.3) is 0 Å². The third-order valence-electron chi connectivity index (χ3n) is 4.74. The predicted molar refractivity (Wildman–Crippen MR) is 107 cm³/mol. The zero-order valence-corrected chi connectivity index (χ0v) is 16.8. The number of urea groups is 1. The second-order valence-corrected chi connectivity index (χ2v) is 7.34. The molecule has 0 unspecified atom stereocenters. The summed E-state index contributed by atoms with van der Waals surface area (Å²) in [7, 11) is 1.75. The Balaban J connectivity index is 1.54. The molecule has 27 heavy (non-hydrogen) atoms. The number of carbonyl (C=O) groups excluding carboxylic acids is 2. The summed E-state index contributed by atoms with van der Waals surface area (Å²) in [4.78, 5) is 25.6. The van der Waals surface area contributed by atoms with E-state index in [4.69, 9.17) is 16.3 Å². The zero-order valence-electron chi connectivity index (χ0n) is 16.0. The SMILES string of the molecule is CN(CCOc1ccccc1Cl)C(=O)CCCNC(=O)NC1CCCCC1. The van der Waals surface area contributed by atoms with Crippen molar-refractivity contribution in [1.82, 2.24) is 15.5 Å². The van der Waals surface area contributed by atoms with Gasteiger partial charge in [0, 0.05) is 26.1 Å². The Morgan fingerprint density at radius 1 is 1.22 bits per heavy atom. The Labute approximate surface area is 166 Å². The highest BCUT2D eigenvalue weighted by molar-refractivity contribution is 6.32. The van der Waals surface area contributed by atoms with Gasteiger partial charge in [0.15, 0.2) is 0 Å². The van der Waals surface area contributed by atoms with Gasteiger partial charge in [-0.15, -0.1) is 0 Å². The van der Waals surface area contributed by atoms with Gasteiger partial charge in [0.05, 0.1) is 11.6 Å². The molecule has 1 aromatic carbocycles. The number of hydrogen-bond donors (Lipinski definition) is 2. The number of rotatable bonds is 9. The summed E-state index contributed by atoms with van der Waals surface area (Å²) in [6, 6.07) is 7.43. The summed E-state index contributed by atoms with van der Waals surface area (Å²) in [5.41, 5.74) is 0. The van der Waals surface area contributed by atoms with E-state index in [9.17, 15) is 9.59 Å². The highest BCUT2D eigenvalue weighted by atomic mass is 35.5. The fourth-order valence-electron chi connectivity index (χ4n) is 3.09. The maximum Gasteiger partial charge on any atom is 0.315 e. The van der Waals surface area contributed by atoms with Crippen LogP contribution in [0.3, 0.4) is 0 Å². The molecule has 150 valence electrons. The van der Waals surface area contributed by atoms with Gasteiger partial charge in [-0.2, -0.15) is 0 Å². The lowest BCUT2D eigenvalue weighted by atomic mass is 9.96. The van der Waals surface area contributed by atoms with Crippen LogP contribution in [0.4, 0.5) is 4.79 Å². The Kier molecular flexibility index (Phi) is 9.25. The van der Waals surface area contributed by atoms with Crippen LogP contribution in [-0.2, 0) is 4.79 Å². The number of nitrogens with zero attached hydrogens (tertiary/aromatic N) is 1. The molecule has 0 atom stereocenters. The first kappa shape index (κ1) is 21.4. The molecule has 1 saturated carbocycles. The Morgan fingerprint density at radius 3 is 2.70 bits per heavy atom. The van der Waals surface area contributed by atoms with Crippen LogP contribution in [0.2, 0.25) is 5.02 Å². The summed E-state index contributed by atoms with van der Waals surface area (Å²) < 4.78 is 5.60. The first-order valence-corrected chi connectivity index (χ1v) is 10.1. The van der Waals surface area contributed by atoms with Crippen LogP contribution in [0, 0.1) is 0 Å². The van der Waals surface area contributed by atoms with E-state index in [0.717, 1.165) is 12.8 Å². The molecular formula is C20H30ClN3O3. The van der Waals surface area contributed by atoms with Gasteiger partial charge in [-0.3, -0.25) is 4.79 Å². The summed E-state index contributed by atoms with van der Waals surface area (Å²) >= 11 is 6.03. The van der Waals surface area contributed by atoms with Crippen molar-refractivity contribution < 1.29 is 14.3 Å². The van der Waals surface area contributed by atoms with E-state index in [1.54, 1.807) is 24.1 Å². The molecule has 6 nitrogen and oxygen atoms in total. The third kappa shape index (κ3) is 8.08. The van der Waals surface area contributed by atoms with Gasteiger partial charge in [-0.05, 0) is 31.4 Å². The monoisotopic (exact) mass is 395 g/mol. The molecule has 0 radical (unpaired) electrons. The number of nitrogens with one attached hydrogen (secondary N) is 2. The molecule has 7 heteroatoms. The zero-order chi connectivity index (χ0) is 19.5. The summed E-state index contributed by atoms with van der Waals surface area (Å²) in [5.74, 6) is 0.653. The molecule has 2 N–H and O–H groups in total. The molecule has 1 aromatic rings. The van der Waals surface area contributed by atoms with Crippen LogP contribution in [0.1, 0.15) is 44.9 Å². The number of benzene rings is 1. The van der Waals surface area contributed by atoms with E-state index in [1.165, 1.54) is 19.3 Å². The molecule has 2 rings (SSSR count). The van der Waals surface area contributed by atoms with Gasteiger partial charge in [0.1, 0.15) is 12.4 Å². The molecule has 0 heterocycles. The minimum Gasteiger partial charge on any atom is -0.490 e. The first-order chi connectivity index (χ1) is 13.1. The molecule has 0 aliphatic heterocycles. The number of hydrogen-bond acceptors (Lipinski definition) is 3. The van der Waals surface area contributed by atoms with E-state index in [0.29, 0.717) is 49.4 Å². The molecule has 3 amide bonds. The largest absolute Gasteiger partial charge is 0.490 e. The predicted octanol–water partition coefficient (Wildman–Crippen LogP) is 3.59. The third-order valence-corrected chi connectivity index (χ3v) is 5.05. The van der Waals surface area contributed by atoms with E-state index < -0.39 is 0 Å². The number of para-hydroxylation sites is 1. The highest BCUT2D eigenvalue weighted by Gasteiger charge is 2.15. The van der Waals surface area contributed by atoms with E-state index in [1.807, 2.05) is 12.1 Å². The number of carbonyl (C=O) groups is 2. The summed E-state index contributed by atoms with van der Waals surface area (Å²) in [5, 5.41) is 6.40. The minimum atomic E-state index is -0.129. The average molecular weight is 396 g/mol. The first-order valence-electron chi connectivity index (χ1n) is 9.72.